The lowest BCUT2D eigenvalue weighted by atomic mass is 9.57. The topological polar surface area (TPSA) is 187 Å². The number of benzene rings is 1. The zero-order chi connectivity index (χ0) is 28.2. The summed E-state index contributed by atoms with van der Waals surface area (Å²) in [7, 11) is 0. The van der Waals surface area contributed by atoms with Crippen molar-refractivity contribution >= 4 is 23.2 Å². The molecule has 0 unspecified atom stereocenters. The van der Waals surface area contributed by atoms with E-state index < -0.39 is 98.7 Å². The number of hydrogen-bond donors (Lipinski definition) is 6. The maximum absolute atomic E-state index is 14.5. The van der Waals surface area contributed by atoms with Crippen LogP contribution in [0.3, 0.4) is 0 Å². The number of carbonyl (C=O) groups is 3. The number of fused-ring (bicyclic) bond motifs is 4. The molecule has 38 heavy (non-hydrogen) atoms. The van der Waals surface area contributed by atoms with Crippen molar-refractivity contribution in [2.24, 2.45) is 23.3 Å². The van der Waals surface area contributed by atoms with Crippen molar-refractivity contribution < 1.29 is 48.0 Å². The number of phenols is 1. The lowest BCUT2D eigenvalue weighted by Crippen LogP contribution is -2.65. The maximum atomic E-state index is 14.5. The Morgan fingerprint density at radius 1 is 1.11 bits per heavy atom. The van der Waals surface area contributed by atoms with Gasteiger partial charge in [-0.3, -0.25) is 19.3 Å². The summed E-state index contributed by atoms with van der Waals surface area (Å²) in [6, 6.07) is -1.83. The first kappa shape index (κ1) is 26.2. The molecule has 1 heterocycles. The Balaban J connectivity index is 1.77. The van der Waals surface area contributed by atoms with Crippen LogP contribution in [0.25, 0.3) is 5.76 Å². The number of nitrogens with zero attached hydrogens (tertiary/aromatic N) is 1. The zero-order valence-electron chi connectivity index (χ0n) is 20.4. The molecule has 204 valence electrons. The van der Waals surface area contributed by atoms with Crippen LogP contribution in [0.15, 0.2) is 16.9 Å². The van der Waals surface area contributed by atoms with E-state index in [1.807, 2.05) is 0 Å². The van der Waals surface area contributed by atoms with Gasteiger partial charge in [0.2, 0.25) is 5.78 Å². The van der Waals surface area contributed by atoms with Gasteiger partial charge in [0.25, 0.3) is 5.91 Å². The summed E-state index contributed by atoms with van der Waals surface area (Å²) in [6.07, 6.45) is -5.70. The van der Waals surface area contributed by atoms with Crippen LogP contribution in [0.1, 0.15) is 48.1 Å². The number of primary amides is 1. The highest BCUT2D eigenvalue weighted by atomic mass is 19.4. The minimum atomic E-state index is -4.86. The minimum absolute atomic E-state index is 0.0242. The van der Waals surface area contributed by atoms with Crippen LogP contribution >= 0.6 is 0 Å². The van der Waals surface area contributed by atoms with Gasteiger partial charge in [0.1, 0.15) is 22.8 Å². The van der Waals surface area contributed by atoms with Crippen molar-refractivity contribution in [2.75, 3.05) is 0 Å². The fourth-order valence-corrected chi connectivity index (χ4v) is 6.47. The third-order valence-corrected chi connectivity index (χ3v) is 8.37. The second-order valence-corrected chi connectivity index (χ2v) is 10.6. The Bertz CT molecular complexity index is 1400. The van der Waals surface area contributed by atoms with E-state index in [0.717, 1.165) is 0 Å². The predicted octanol–water partition coefficient (Wildman–Crippen LogP) is 1.10. The van der Waals surface area contributed by atoms with Crippen LogP contribution in [-0.2, 0) is 40.1 Å². The fourth-order valence-electron chi connectivity index (χ4n) is 6.47. The van der Waals surface area contributed by atoms with Crippen molar-refractivity contribution in [3.63, 3.8) is 0 Å². The summed E-state index contributed by atoms with van der Waals surface area (Å²) in [6.45, 7) is 3.47. The van der Waals surface area contributed by atoms with E-state index in [-0.39, 0.29) is 36.7 Å². The summed E-state index contributed by atoms with van der Waals surface area (Å²) in [5, 5.41) is 44.3. The molecule has 4 atom stereocenters. The predicted molar refractivity (Wildman–Crippen MR) is 124 cm³/mol. The van der Waals surface area contributed by atoms with E-state index in [2.05, 4.69) is 0 Å². The van der Waals surface area contributed by atoms with Crippen molar-refractivity contribution in [1.29, 1.82) is 0 Å². The highest BCUT2D eigenvalue weighted by molar-refractivity contribution is 6.24. The number of aliphatic hydroxyl groups excluding tert-OH is 2. The molecule has 0 radical (unpaired) electrons. The Morgan fingerprint density at radius 2 is 1.71 bits per heavy atom. The standard InChI is InChI=1S/C25H26F3N3O7/c1-7(2)31-5-10-11(6-31)18(32)14-9(16(10)25(26,27)28)3-8-4-12-17(29)20(34)15(23(30)37)22(36)24(12,38)21(35)13(8)19(14)33/h7-8,12,17,32-33,36,38H,3-6,29H2,1-2H3,(H2,30,37)/t8-,12-,17-,24-/m0/s1. The van der Waals surface area contributed by atoms with Gasteiger partial charge in [0.05, 0.1) is 17.2 Å². The SMILES string of the molecule is CC(C)N1Cc2c(O)c3c(c(C(F)(F)F)c2C1)C[C@H]1C[C@H]2[C@H](N)C(=O)C(C(N)=O)=C(O)[C@@]2(O)C(=O)C1=C3O. The third-order valence-electron chi connectivity index (χ3n) is 8.37. The molecule has 1 aromatic rings. The summed E-state index contributed by atoms with van der Waals surface area (Å²) in [4.78, 5) is 39.8. The molecular formula is C25H26F3N3O7. The normalized spacial score (nSPS) is 29.4. The molecule has 1 amide bonds. The molecule has 0 bridgehead atoms. The molecule has 1 aromatic carbocycles. The molecule has 13 heteroatoms. The largest absolute Gasteiger partial charge is 0.508 e. The molecule has 0 aromatic heterocycles. The first-order chi connectivity index (χ1) is 17.5. The van der Waals surface area contributed by atoms with Crippen LogP contribution in [0.5, 0.6) is 5.75 Å². The number of nitrogens with two attached hydrogens (primary N) is 2. The molecule has 1 aliphatic heterocycles. The third kappa shape index (κ3) is 3.21. The number of phenolic OH excluding ortho intramolecular Hbond substituents is 1. The molecule has 4 aliphatic rings. The smallest absolute Gasteiger partial charge is 0.417 e. The molecule has 10 nitrogen and oxygen atoms in total. The first-order valence-electron chi connectivity index (χ1n) is 12.0. The Morgan fingerprint density at radius 3 is 2.26 bits per heavy atom. The Hall–Kier alpha value is -3.42. The monoisotopic (exact) mass is 537 g/mol. The highest BCUT2D eigenvalue weighted by Gasteiger charge is 2.63. The number of alkyl halides is 3. The van der Waals surface area contributed by atoms with Gasteiger partial charge in [-0.2, -0.15) is 13.2 Å². The number of aromatic hydroxyl groups is 1. The van der Waals surface area contributed by atoms with Crippen LogP contribution in [0.4, 0.5) is 13.2 Å². The summed E-state index contributed by atoms with van der Waals surface area (Å²) >= 11 is 0. The number of halogens is 3. The van der Waals surface area contributed by atoms with Crippen LogP contribution in [-0.4, -0.2) is 60.5 Å². The van der Waals surface area contributed by atoms with E-state index in [1.54, 1.807) is 18.7 Å². The lowest BCUT2D eigenvalue weighted by molar-refractivity contribution is -0.149. The first-order valence-corrected chi connectivity index (χ1v) is 12.0. The minimum Gasteiger partial charge on any atom is -0.508 e. The van der Waals surface area contributed by atoms with E-state index >= 15 is 0 Å². The van der Waals surface area contributed by atoms with E-state index in [9.17, 15) is 48.0 Å². The molecule has 5 rings (SSSR count). The number of rotatable bonds is 2. The number of hydrogen-bond acceptors (Lipinski definition) is 9. The highest BCUT2D eigenvalue weighted by Crippen LogP contribution is 2.55. The van der Waals surface area contributed by atoms with Gasteiger partial charge in [0, 0.05) is 36.2 Å². The Labute approximate surface area is 214 Å². The van der Waals surface area contributed by atoms with Gasteiger partial charge in [0.15, 0.2) is 11.4 Å². The van der Waals surface area contributed by atoms with Gasteiger partial charge >= 0.3 is 6.18 Å². The van der Waals surface area contributed by atoms with Crippen LogP contribution in [0.2, 0.25) is 0 Å². The molecule has 8 N–H and O–H groups in total. The van der Waals surface area contributed by atoms with Crippen molar-refractivity contribution in [1.82, 2.24) is 4.90 Å². The number of amides is 1. The van der Waals surface area contributed by atoms with Crippen molar-refractivity contribution in [3.05, 3.63) is 44.7 Å². The summed E-state index contributed by atoms with van der Waals surface area (Å²) in [5.41, 5.74) is 4.45. The maximum Gasteiger partial charge on any atom is 0.417 e. The summed E-state index contributed by atoms with van der Waals surface area (Å²) < 4.78 is 43.4. The molecular weight excluding hydrogens is 511 g/mol. The van der Waals surface area contributed by atoms with Crippen molar-refractivity contribution in [3.8, 4) is 5.75 Å². The lowest BCUT2D eigenvalue weighted by Gasteiger charge is -2.48. The van der Waals surface area contributed by atoms with Gasteiger partial charge < -0.3 is 31.9 Å². The summed E-state index contributed by atoms with van der Waals surface area (Å²) in [5.74, 6) is -9.44. The quantitative estimate of drug-likeness (QED) is 0.300. The van der Waals surface area contributed by atoms with E-state index in [0.29, 0.717) is 0 Å². The zero-order valence-corrected chi connectivity index (χ0v) is 20.4. The molecule has 1 saturated carbocycles. The van der Waals surface area contributed by atoms with E-state index in [4.69, 9.17) is 11.5 Å². The number of carbonyl (C=O) groups excluding carboxylic acids is 3. The Kier molecular flexibility index (Phi) is 5.54. The second-order valence-electron chi connectivity index (χ2n) is 10.6. The van der Waals surface area contributed by atoms with Gasteiger partial charge in [-0.1, -0.05) is 0 Å². The fraction of sp³-hybridized carbons (Fsp3) is 0.480. The molecule has 0 spiro atoms. The van der Waals surface area contributed by atoms with Gasteiger partial charge in [-0.15, -0.1) is 0 Å². The number of Topliss-reactive ketones (excluding diaryl/α,β-unsaturated/α-hetero) is 2. The average molecular weight is 537 g/mol. The average Bonchev–Trinajstić information content (AvgIpc) is 3.24. The number of ketones is 2. The van der Waals surface area contributed by atoms with Crippen molar-refractivity contribution in [2.45, 2.75) is 63.6 Å². The second kappa shape index (κ2) is 8.04. The van der Waals surface area contributed by atoms with Gasteiger partial charge in [-0.05, 0) is 43.7 Å². The number of aliphatic hydroxyl groups is 3. The molecule has 0 saturated heterocycles. The van der Waals surface area contributed by atoms with Gasteiger partial charge in [-0.25, -0.2) is 0 Å². The molecule has 1 fully saturated rings. The van der Waals surface area contributed by atoms with E-state index in [1.165, 1.54) is 0 Å². The van der Waals surface area contributed by atoms with Crippen LogP contribution < -0.4 is 11.5 Å². The van der Waals surface area contributed by atoms with Crippen LogP contribution in [0, 0.1) is 11.8 Å². The molecule has 3 aliphatic carbocycles.